The lowest BCUT2D eigenvalue weighted by atomic mass is 10.1. The van der Waals surface area contributed by atoms with Crippen LogP contribution in [0.4, 0.5) is 24.5 Å². The number of carbonyl (C=O) groups excluding carboxylic acids is 1. The summed E-state index contributed by atoms with van der Waals surface area (Å²) in [6.07, 6.45) is -0.233. The Kier molecular flexibility index (Phi) is 7.13. The summed E-state index contributed by atoms with van der Waals surface area (Å²) in [7, 11) is 5.76. The summed E-state index contributed by atoms with van der Waals surface area (Å²) in [5.74, 6) is -0.525. The predicted molar refractivity (Wildman–Crippen MR) is 147 cm³/mol. The number of carbonyl (C=O) groups is 1. The Morgan fingerprint density at radius 2 is 1.90 bits per heavy atom. The Hall–Kier alpha value is -4.19. The summed E-state index contributed by atoms with van der Waals surface area (Å²) < 4.78 is 44.6. The van der Waals surface area contributed by atoms with Gasteiger partial charge in [-0.25, -0.2) is 4.68 Å². The summed E-state index contributed by atoms with van der Waals surface area (Å²) in [4.78, 5) is 17.2. The van der Waals surface area contributed by atoms with Gasteiger partial charge in [-0.1, -0.05) is 11.3 Å². The van der Waals surface area contributed by atoms with Crippen LogP contribution in [0.1, 0.15) is 33.6 Å². The average molecular weight is 553 g/mol. The van der Waals surface area contributed by atoms with Gasteiger partial charge in [-0.3, -0.25) is 9.48 Å². The van der Waals surface area contributed by atoms with E-state index in [-0.39, 0.29) is 17.3 Å². The van der Waals surface area contributed by atoms with Gasteiger partial charge >= 0.3 is 6.18 Å². The van der Waals surface area contributed by atoms with Crippen molar-refractivity contribution in [2.24, 2.45) is 7.05 Å². The lowest BCUT2D eigenvalue weighted by Crippen LogP contribution is -2.31. The maximum absolute atomic E-state index is 13.8. The van der Waals surface area contributed by atoms with Gasteiger partial charge in [-0.05, 0) is 70.3 Å². The molecule has 1 unspecified atom stereocenters. The van der Waals surface area contributed by atoms with Crippen LogP contribution in [-0.4, -0.2) is 68.8 Å². The number of nitrogens with zero attached hydrogens (tertiary/aromatic N) is 7. The molecule has 0 aliphatic carbocycles. The summed E-state index contributed by atoms with van der Waals surface area (Å²) in [6.45, 7) is 5.06. The van der Waals surface area contributed by atoms with Gasteiger partial charge in [0.05, 0.1) is 23.6 Å². The highest BCUT2D eigenvalue weighted by molar-refractivity contribution is 6.05. The molecule has 210 valence electrons. The van der Waals surface area contributed by atoms with Gasteiger partial charge < -0.3 is 15.1 Å². The van der Waals surface area contributed by atoms with Gasteiger partial charge in [0, 0.05) is 54.4 Å². The fraction of sp³-hybridized carbons (Fsp3) is 0.357. The Bertz CT molecular complexity index is 1560. The smallest absolute Gasteiger partial charge is 0.370 e. The van der Waals surface area contributed by atoms with Crippen molar-refractivity contribution in [3.63, 3.8) is 0 Å². The van der Waals surface area contributed by atoms with Gasteiger partial charge in [0.25, 0.3) is 5.91 Å². The summed E-state index contributed by atoms with van der Waals surface area (Å²) >= 11 is 0. The predicted octanol–water partition coefficient (Wildman–Crippen LogP) is 4.70. The van der Waals surface area contributed by atoms with Crippen LogP contribution >= 0.6 is 0 Å². The SMILES string of the molecule is Cc1ccc(C(=O)Nc2cc(N3CCC(N(C)C)C3)cc(C(F)(F)F)c2)cc1-n1cc(-c2cnn(C)c2C)nn1. The molecule has 1 saturated heterocycles. The number of amides is 1. The van der Waals surface area contributed by atoms with Crippen LogP contribution in [-0.2, 0) is 13.2 Å². The van der Waals surface area contributed by atoms with Gasteiger partial charge in [0.15, 0.2) is 0 Å². The molecule has 9 nitrogen and oxygen atoms in total. The highest BCUT2D eigenvalue weighted by atomic mass is 19.4. The topological polar surface area (TPSA) is 84.1 Å². The molecule has 0 radical (unpaired) electrons. The first-order chi connectivity index (χ1) is 18.9. The number of halogens is 3. The quantitative estimate of drug-likeness (QED) is 0.374. The number of aromatic nitrogens is 5. The lowest BCUT2D eigenvalue weighted by Gasteiger charge is -2.23. The van der Waals surface area contributed by atoms with E-state index in [0.29, 0.717) is 30.2 Å². The van der Waals surface area contributed by atoms with Gasteiger partial charge in [0.2, 0.25) is 0 Å². The number of likely N-dealkylation sites (N-methyl/N-ethyl adjacent to an activating group) is 1. The van der Waals surface area contributed by atoms with E-state index in [1.807, 2.05) is 39.9 Å². The number of hydrogen-bond acceptors (Lipinski definition) is 6. The molecule has 0 spiro atoms. The zero-order valence-electron chi connectivity index (χ0n) is 23.0. The van der Waals surface area contributed by atoms with Crippen molar-refractivity contribution in [3.05, 3.63) is 71.2 Å². The molecule has 5 rings (SSSR count). The number of aryl methyl sites for hydroxylation is 2. The van der Waals surface area contributed by atoms with Crippen LogP contribution in [0.25, 0.3) is 16.9 Å². The molecule has 0 saturated carbocycles. The molecule has 40 heavy (non-hydrogen) atoms. The summed E-state index contributed by atoms with van der Waals surface area (Å²) in [6, 6.07) is 9.01. The van der Waals surface area contributed by atoms with Crippen LogP contribution in [0.3, 0.4) is 0 Å². The Labute approximate surface area is 230 Å². The van der Waals surface area contributed by atoms with Crippen LogP contribution in [0, 0.1) is 13.8 Å². The number of rotatable bonds is 6. The highest BCUT2D eigenvalue weighted by Gasteiger charge is 2.33. The first-order valence-corrected chi connectivity index (χ1v) is 12.9. The largest absolute Gasteiger partial charge is 0.416 e. The van der Waals surface area contributed by atoms with Crippen molar-refractivity contribution >= 4 is 17.3 Å². The third-order valence-corrected chi connectivity index (χ3v) is 7.48. The van der Waals surface area contributed by atoms with E-state index in [0.717, 1.165) is 35.4 Å². The third-order valence-electron chi connectivity index (χ3n) is 7.48. The van der Waals surface area contributed by atoms with E-state index >= 15 is 0 Å². The van der Waals surface area contributed by atoms with E-state index in [1.54, 1.807) is 46.0 Å². The van der Waals surface area contributed by atoms with Gasteiger partial charge in [0.1, 0.15) is 5.69 Å². The van der Waals surface area contributed by atoms with Crippen molar-refractivity contribution in [2.45, 2.75) is 32.5 Å². The second kappa shape index (κ2) is 10.4. The Balaban J connectivity index is 1.42. The van der Waals surface area contributed by atoms with Crippen molar-refractivity contribution in [3.8, 4) is 16.9 Å². The van der Waals surface area contributed by atoms with Gasteiger partial charge in [-0.2, -0.15) is 18.3 Å². The van der Waals surface area contributed by atoms with Crippen LogP contribution < -0.4 is 10.2 Å². The number of benzene rings is 2. The molecule has 1 N–H and O–H groups in total. The minimum absolute atomic E-state index is 0.0837. The molecule has 0 bridgehead atoms. The monoisotopic (exact) mass is 552 g/mol. The molecule has 2 aromatic carbocycles. The van der Waals surface area contributed by atoms with Crippen LogP contribution in [0.2, 0.25) is 0 Å². The first-order valence-electron chi connectivity index (χ1n) is 12.9. The van der Waals surface area contributed by atoms with E-state index in [2.05, 4.69) is 25.6 Å². The van der Waals surface area contributed by atoms with E-state index < -0.39 is 17.6 Å². The molecular weight excluding hydrogens is 521 g/mol. The lowest BCUT2D eigenvalue weighted by molar-refractivity contribution is -0.137. The zero-order valence-corrected chi connectivity index (χ0v) is 23.0. The van der Waals surface area contributed by atoms with Crippen molar-refractivity contribution < 1.29 is 18.0 Å². The Morgan fingerprint density at radius 1 is 1.12 bits per heavy atom. The fourth-order valence-electron chi connectivity index (χ4n) is 4.88. The maximum Gasteiger partial charge on any atom is 0.416 e. The van der Waals surface area contributed by atoms with E-state index in [4.69, 9.17) is 0 Å². The van der Waals surface area contributed by atoms with Crippen LogP contribution in [0.5, 0.6) is 0 Å². The Morgan fingerprint density at radius 3 is 2.55 bits per heavy atom. The average Bonchev–Trinajstić information content (AvgIpc) is 3.65. The minimum Gasteiger partial charge on any atom is -0.370 e. The van der Waals surface area contributed by atoms with Gasteiger partial charge in [-0.15, -0.1) is 5.10 Å². The zero-order chi connectivity index (χ0) is 28.8. The minimum atomic E-state index is -4.55. The standard InChI is InChI=1S/C28H31F3N8O/c1-17-6-7-19(10-26(17)39-16-25(34-35-39)24-14-32-37(5)18(24)2)27(40)33-21-11-20(28(29,30)31)12-23(13-21)38-9-8-22(15-38)36(3)4/h6-7,10-14,16,22H,8-9,15H2,1-5H3,(H,33,40). The molecular formula is C28H31F3N8O. The van der Waals surface area contributed by atoms with E-state index in [9.17, 15) is 18.0 Å². The molecule has 2 aromatic heterocycles. The molecule has 4 aromatic rings. The normalized spacial score (nSPS) is 15.7. The molecule has 1 aliphatic rings. The molecule has 3 heterocycles. The highest BCUT2D eigenvalue weighted by Crippen LogP contribution is 2.36. The number of nitrogens with one attached hydrogen (secondary N) is 1. The maximum atomic E-state index is 13.8. The molecule has 1 atom stereocenters. The molecule has 12 heteroatoms. The molecule has 1 aliphatic heterocycles. The summed E-state index contributed by atoms with van der Waals surface area (Å²) in [5, 5.41) is 15.4. The number of alkyl halides is 3. The van der Waals surface area contributed by atoms with E-state index in [1.165, 1.54) is 0 Å². The summed E-state index contributed by atoms with van der Waals surface area (Å²) in [5.41, 5.74) is 3.88. The third kappa shape index (κ3) is 5.44. The van der Waals surface area contributed by atoms with Crippen molar-refractivity contribution in [1.29, 1.82) is 0 Å². The number of hydrogen-bond donors (Lipinski definition) is 1. The molecule has 1 fully saturated rings. The second-order valence-electron chi connectivity index (χ2n) is 10.4. The number of anilines is 2. The fourth-order valence-corrected chi connectivity index (χ4v) is 4.88. The molecule has 1 amide bonds. The second-order valence-corrected chi connectivity index (χ2v) is 10.4. The van der Waals surface area contributed by atoms with Crippen molar-refractivity contribution in [1.82, 2.24) is 29.7 Å². The van der Waals surface area contributed by atoms with Crippen LogP contribution in [0.15, 0.2) is 48.8 Å². The van der Waals surface area contributed by atoms with Crippen molar-refractivity contribution in [2.75, 3.05) is 37.4 Å². The first kappa shape index (κ1) is 27.4.